The predicted molar refractivity (Wildman–Crippen MR) is 89.6 cm³/mol. The number of nitrogens with zero attached hydrogens (tertiary/aromatic N) is 1. The van der Waals surface area contributed by atoms with Gasteiger partial charge in [0.15, 0.2) is 0 Å². The van der Waals surface area contributed by atoms with E-state index >= 15 is 0 Å². The molecule has 1 aromatic heterocycles. The van der Waals surface area contributed by atoms with E-state index in [-0.39, 0.29) is 39.8 Å². The molecular formula is C17H19ClFN3O2. The molecule has 1 saturated heterocycles. The number of rotatable bonds is 3. The third-order valence-electron chi connectivity index (χ3n) is 4.37. The number of hydrogen-bond donors (Lipinski definition) is 2. The molecule has 2 aromatic rings. The molecule has 7 heteroatoms. The van der Waals surface area contributed by atoms with Gasteiger partial charge in [0.2, 0.25) is 0 Å². The molecule has 1 aromatic carbocycles. The summed E-state index contributed by atoms with van der Waals surface area (Å²) >= 11 is 6.10. The van der Waals surface area contributed by atoms with Crippen LogP contribution in [-0.2, 0) is 0 Å². The summed E-state index contributed by atoms with van der Waals surface area (Å²) in [5.74, 6) is -0.542. The second-order valence-electron chi connectivity index (χ2n) is 6.02. The van der Waals surface area contributed by atoms with Gasteiger partial charge >= 0.3 is 0 Å². The van der Waals surface area contributed by atoms with Crippen molar-refractivity contribution in [3.63, 3.8) is 0 Å². The fourth-order valence-corrected chi connectivity index (χ4v) is 3.27. The summed E-state index contributed by atoms with van der Waals surface area (Å²) in [7, 11) is 0. The Morgan fingerprint density at radius 3 is 3.00 bits per heavy atom. The molecule has 3 rings (SSSR count). The summed E-state index contributed by atoms with van der Waals surface area (Å²) < 4.78 is 19.3. The topological polar surface area (TPSA) is 67.2 Å². The van der Waals surface area contributed by atoms with Crippen molar-refractivity contribution in [3.8, 4) is 11.3 Å². The zero-order chi connectivity index (χ0) is 17.3. The van der Waals surface area contributed by atoms with Crippen molar-refractivity contribution in [3.05, 3.63) is 40.4 Å². The highest BCUT2D eigenvalue weighted by atomic mass is 35.5. The lowest BCUT2D eigenvalue weighted by Crippen LogP contribution is -2.52. The molecule has 1 amide bonds. The molecule has 1 aliphatic heterocycles. The molecule has 2 unspecified atom stereocenters. The first-order valence-corrected chi connectivity index (χ1v) is 8.31. The Kier molecular flexibility index (Phi) is 4.87. The van der Waals surface area contributed by atoms with E-state index in [1.807, 2.05) is 6.92 Å². The van der Waals surface area contributed by atoms with Gasteiger partial charge in [-0.3, -0.25) is 4.79 Å². The maximum atomic E-state index is 14.2. The summed E-state index contributed by atoms with van der Waals surface area (Å²) in [6.45, 7) is 4.60. The van der Waals surface area contributed by atoms with Gasteiger partial charge in [-0.2, -0.15) is 0 Å². The normalized spacial score (nSPS) is 20.8. The SMILES string of the molecule is Cc1onc(-c2c(F)cccc2Cl)c1C(=O)NC1CCCNC1C. The number of amides is 1. The van der Waals surface area contributed by atoms with Crippen molar-refractivity contribution in [2.75, 3.05) is 6.54 Å². The Labute approximate surface area is 144 Å². The molecular weight excluding hydrogens is 333 g/mol. The van der Waals surface area contributed by atoms with E-state index in [1.165, 1.54) is 12.1 Å². The van der Waals surface area contributed by atoms with Gasteiger partial charge in [0.25, 0.3) is 5.91 Å². The quantitative estimate of drug-likeness (QED) is 0.890. The molecule has 0 saturated carbocycles. The lowest BCUT2D eigenvalue weighted by Gasteiger charge is -2.30. The van der Waals surface area contributed by atoms with E-state index in [0.717, 1.165) is 19.4 Å². The van der Waals surface area contributed by atoms with Gasteiger partial charge in [-0.05, 0) is 45.4 Å². The summed E-state index contributed by atoms with van der Waals surface area (Å²) in [6.07, 6.45) is 1.88. The zero-order valence-electron chi connectivity index (χ0n) is 13.5. The van der Waals surface area contributed by atoms with Crippen LogP contribution in [0.5, 0.6) is 0 Å². The third-order valence-corrected chi connectivity index (χ3v) is 4.68. The molecule has 5 nitrogen and oxygen atoms in total. The van der Waals surface area contributed by atoms with Crippen molar-refractivity contribution in [2.24, 2.45) is 0 Å². The van der Waals surface area contributed by atoms with Gasteiger partial charge in [0.1, 0.15) is 22.8 Å². The minimum Gasteiger partial charge on any atom is -0.360 e. The average Bonchev–Trinajstić information content (AvgIpc) is 2.91. The Hall–Kier alpha value is -1.92. The molecule has 1 aliphatic rings. The molecule has 0 radical (unpaired) electrons. The number of aryl methyl sites for hydroxylation is 1. The summed E-state index contributed by atoms with van der Waals surface area (Å²) in [6, 6.07) is 4.51. The fourth-order valence-electron chi connectivity index (χ4n) is 3.02. The summed E-state index contributed by atoms with van der Waals surface area (Å²) in [4.78, 5) is 12.8. The average molecular weight is 352 g/mol. The zero-order valence-corrected chi connectivity index (χ0v) is 14.3. The standard InChI is InChI=1S/C17H19ClFN3O2/c1-9-13(7-4-8-20-9)21-17(23)14-10(2)24-22-16(14)15-11(18)5-3-6-12(15)19/h3,5-6,9,13,20H,4,7-8H2,1-2H3,(H,21,23). The van der Waals surface area contributed by atoms with Gasteiger partial charge in [-0.15, -0.1) is 0 Å². The molecule has 0 spiro atoms. The van der Waals surface area contributed by atoms with Gasteiger partial charge in [0.05, 0.1) is 10.6 Å². The van der Waals surface area contributed by atoms with E-state index < -0.39 is 5.82 Å². The van der Waals surface area contributed by atoms with Crippen molar-refractivity contribution in [1.82, 2.24) is 15.8 Å². The van der Waals surface area contributed by atoms with Crippen LogP contribution in [0.15, 0.2) is 22.7 Å². The first-order chi connectivity index (χ1) is 11.5. The van der Waals surface area contributed by atoms with Gasteiger partial charge in [-0.25, -0.2) is 4.39 Å². The van der Waals surface area contributed by atoms with Crippen molar-refractivity contribution in [2.45, 2.75) is 38.8 Å². The number of carbonyl (C=O) groups is 1. The van der Waals surface area contributed by atoms with Gasteiger partial charge in [0, 0.05) is 12.1 Å². The Morgan fingerprint density at radius 2 is 2.29 bits per heavy atom. The number of aromatic nitrogens is 1. The van der Waals surface area contributed by atoms with E-state index in [2.05, 4.69) is 15.8 Å². The summed E-state index contributed by atoms with van der Waals surface area (Å²) in [5, 5.41) is 10.4. The highest BCUT2D eigenvalue weighted by Gasteiger charge is 2.29. The maximum Gasteiger partial charge on any atom is 0.257 e. The van der Waals surface area contributed by atoms with Crippen molar-refractivity contribution in [1.29, 1.82) is 0 Å². The third kappa shape index (κ3) is 3.16. The molecule has 2 atom stereocenters. The number of benzene rings is 1. The van der Waals surface area contributed by atoms with Crippen LogP contribution in [0.2, 0.25) is 5.02 Å². The Balaban J connectivity index is 1.94. The molecule has 24 heavy (non-hydrogen) atoms. The molecule has 2 N–H and O–H groups in total. The lowest BCUT2D eigenvalue weighted by molar-refractivity contribution is 0.0919. The first kappa shape index (κ1) is 16.9. The van der Waals surface area contributed by atoms with Gasteiger partial charge in [-0.1, -0.05) is 22.8 Å². The van der Waals surface area contributed by atoms with E-state index in [9.17, 15) is 9.18 Å². The largest absolute Gasteiger partial charge is 0.360 e. The van der Waals surface area contributed by atoms with Crippen LogP contribution in [0.25, 0.3) is 11.3 Å². The molecule has 128 valence electrons. The molecule has 2 heterocycles. The number of halogens is 2. The highest BCUT2D eigenvalue weighted by Crippen LogP contribution is 2.33. The van der Waals surface area contributed by atoms with E-state index in [1.54, 1.807) is 13.0 Å². The number of hydrogen-bond acceptors (Lipinski definition) is 4. The number of carbonyl (C=O) groups excluding carboxylic acids is 1. The van der Waals surface area contributed by atoms with Crippen molar-refractivity contribution >= 4 is 17.5 Å². The van der Waals surface area contributed by atoms with E-state index in [0.29, 0.717) is 5.76 Å². The number of piperidine rings is 1. The maximum absolute atomic E-state index is 14.2. The van der Waals surface area contributed by atoms with Crippen LogP contribution in [0.1, 0.15) is 35.9 Å². The van der Waals surface area contributed by atoms with Crippen LogP contribution in [0.4, 0.5) is 4.39 Å². The van der Waals surface area contributed by atoms with Crippen LogP contribution in [-0.4, -0.2) is 29.7 Å². The van der Waals surface area contributed by atoms with Crippen LogP contribution >= 0.6 is 11.6 Å². The molecule has 0 bridgehead atoms. The van der Waals surface area contributed by atoms with Crippen LogP contribution in [0.3, 0.4) is 0 Å². The second kappa shape index (κ2) is 6.91. The van der Waals surface area contributed by atoms with E-state index in [4.69, 9.17) is 16.1 Å². The monoisotopic (exact) mass is 351 g/mol. The Morgan fingerprint density at radius 1 is 1.50 bits per heavy atom. The van der Waals surface area contributed by atoms with Crippen molar-refractivity contribution < 1.29 is 13.7 Å². The molecule has 1 fully saturated rings. The second-order valence-corrected chi connectivity index (χ2v) is 6.43. The minimum absolute atomic E-state index is 0.00416. The van der Waals surface area contributed by atoms with Crippen LogP contribution < -0.4 is 10.6 Å². The summed E-state index contributed by atoms with van der Waals surface area (Å²) in [5.41, 5.74) is 0.431. The minimum atomic E-state index is -0.544. The fraction of sp³-hybridized carbons (Fsp3) is 0.412. The van der Waals surface area contributed by atoms with Crippen LogP contribution in [0, 0.1) is 12.7 Å². The lowest BCUT2D eigenvalue weighted by atomic mass is 9.98. The molecule has 0 aliphatic carbocycles. The highest BCUT2D eigenvalue weighted by molar-refractivity contribution is 6.33. The van der Waals surface area contributed by atoms with Gasteiger partial charge < -0.3 is 15.2 Å². The smallest absolute Gasteiger partial charge is 0.257 e. The Bertz CT molecular complexity index is 742. The predicted octanol–water partition coefficient (Wildman–Crippen LogP) is 3.31. The first-order valence-electron chi connectivity index (χ1n) is 7.94. The number of nitrogens with one attached hydrogen (secondary N) is 2.